The van der Waals surface area contributed by atoms with Gasteiger partial charge in [-0.3, -0.25) is 0 Å². The summed E-state index contributed by atoms with van der Waals surface area (Å²) in [4.78, 5) is 1.35. The van der Waals surface area contributed by atoms with E-state index in [4.69, 9.17) is 0 Å². The summed E-state index contributed by atoms with van der Waals surface area (Å²) >= 11 is 3.72. The largest absolute Gasteiger partial charge is 0.271 e. The topological polar surface area (TPSA) is 3.88 Å². The van der Waals surface area contributed by atoms with Crippen LogP contribution in [-0.2, 0) is 7.05 Å². The molecule has 1 aromatic carbocycles. The fourth-order valence-corrected chi connectivity index (χ4v) is 4.97. The van der Waals surface area contributed by atoms with Gasteiger partial charge in [0, 0.05) is 17.0 Å². The number of fused-ring (bicyclic) bond motifs is 3. The van der Waals surface area contributed by atoms with Gasteiger partial charge < -0.3 is 0 Å². The van der Waals surface area contributed by atoms with Crippen LogP contribution in [0.25, 0.3) is 30.9 Å². The predicted octanol–water partition coefficient (Wildman–Crippen LogP) is 4.92. The van der Waals surface area contributed by atoms with Crippen LogP contribution in [0.15, 0.2) is 47.8 Å². The molecule has 0 aliphatic carbocycles. The lowest BCUT2D eigenvalue weighted by Crippen LogP contribution is -2.31. The number of rotatable bonds is 1. The van der Waals surface area contributed by atoms with Crippen molar-refractivity contribution in [2.45, 2.75) is 6.92 Å². The van der Waals surface area contributed by atoms with Crippen molar-refractivity contribution >= 4 is 42.3 Å². The minimum absolute atomic E-state index is 1.28. The molecule has 0 saturated carbocycles. The number of benzene rings is 1. The Hall–Kier alpha value is -1.71. The summed E-state index contributed by atoms with van der Waals surface area (Å²) in [7, 11) is 2.17. The van der Waals surface area contributed by atoms with E-state index in [1.165, 1.54) is 36.4 Å². The van der Waals surface area contributed by atoms with Gasteiger partial charge in [0.1, 0.15) is 7.05 Å². The smallest absolute Gasteiger partial charge is 0.185 e. The number of hydrogen-bond acceptors (Lipinski definition) is 2. The minimum Gasteiger partial charge on any atom is -0.185 e. The Balaban J connectivity index is 2.06. The highest BCUT2D eigenvalue weighted by molar-refractivity contribution is 7.40. The summed E-state index contributed by atoms with van der Waals surface area (Å²) in [6.07, 6.45) is 0. The highest BCUT2D eigenvalue weighted by Crippen LogP contribution is 2.36. The monoisotopic (exact) mass is 296 g/mol. The molecule has 0 aliphatic rings. The van der Waals surface area contributed by atoms with Crippen molar-refractivity contribution in [3.63, 3.8) is 0 Å². The van der Waals surface area contributed by atoms with Gasteiger partial charge in [-0.2, -0.15) is 4.57 Å². The lowest BCUT2D eigenvalue weighted by Gasteiger charge is -2.04. The van der Waals surface area contributed by atoms with Crippen molar-refractivity contribution in [3.05, 3.63) is 53.4 Å². The zero-order valence-electron chi connectivity index (χ0n) is 11.4. The van der Waals surface area contributed by atoms with Gasteiger partial charge in [-0.15, -0.1) is 11.3 Å². The van der Waals surface area contributed by atoms with E-state index < -0.39 is 0 Å². The van der Waals surface area contributed by atoms with Crippen molar-refractivity contribution in [3.8, 4) is 11.3 Å². The van der Waals surface area contributed by atoms with Crippen LogP contribution in [0, 0.1) is 6.92 Å². The first-order valence-electron chi connectivity index (χ1n) is 6.60. The predicted molar refractivity (Wildman–Crippen MR) is 88.6 cm³/mol. The molecule has 0 N–H and O–H groups in total. The van der Waals surface area contributed by atoms with Gasteiger partial charge in [0.25, 0.3) is 4.83 Å². The van der Waals surface area contributed by atoms with Crippen LogP contribution in [0.1, 0.15) is 5.56 Å². The summed E-state index contributed by atoms with van der Waals surface area (Å²) in [6.45, 7) is 2.17. The number of pyridine rings is 1. The summed E-state index contributed by atoms with van der Waals surface area (Å²) < 4.78 is 3.74. The molecule has 0 saturated heterocycles. The number of hydrogen-bond donors (Lipinski definition) is 0. The van der Waals surface area contributed by atoms with E-state index >= 15 is 0 Å². The zero-order valence-corrected chi connectivity index (χ0v) is 13.0. The first-order valence-corrected chi connectivity index (χ1v) is 8.30. The van der Waals surface area contributed by atoms with Crippen molar-refractivity contribution in [1.29, 1.82) is 0 Å². The van der Waals surface area contributed by atoms with Crippen molar-refractivity contribution in [1.82, 2.24) is 0 Å². The third kappa shape index (κ3) is 1.63. The molecule has 3 heterocycles. The maximum Gasteiger partial charge on any atom is 0.271 e. The van der Waals surface area contributed by atoms with Gasteiger partial charge in [0.2, 0.25) is 5.69 Å². The van der Waals surface area contributed by atoms with Crippen molar-refractivity contribution < 1.29 is 4.57 Å². The number of nitrogens with zero attached hydrogens (tertiary/aromatic N) is 1. The quantitative estimate of drug-likeness (QED) is 0.439. The Morgan fingerprint density at radius 3 is 2.65 bits per heavy atom. The summed E-state index contributed by atoms with van der Waals surface area (Å²) in [5, 5.41) is 4.93. The SMILES string of the molecule is Cc1ccccc1-c1ccc2c3ccsc3sc2[n+]1C. The van der Waals surface area contributed by atoms with Crippen LogP contribution in [0.4, 0.5) is 0 Å². The molecule has 0 aliphatic heterocycles. The van der Waals surface area contributed by atoms with E-state index in [0.29, 0.717) is 0 Å². The van der Waals surface area contributed by atoms with E-state index in [1.54, 1.807) is 0 Å². The van der Waals surface area contributed by atoms with E-state index in [0.717, 1.165) is 0 Å². The fraction of sp³-hybridized carbons (Fsp3) is 0.118. The third-order valence-corrected chi connectivity index (χ3v) is 6.17. The molecule has 0 amide bonds. The first kappa shape index (κ1) is 12.1. The van der Waals surface area contributed by atoms with Crippen LogP contribution < -0.4 is 4.57 Å². The fourth-order valence-electron chi connectivity index (χ4n) is 2.76. The normalized spacial score (nSPS) is 11.5. The third-order valence-electron chi connectivity index (χ3n) is 3.83. The van der Waals surface area contributed by atoms with Crippen LogP contribution in [0.2, 0.25) is 0 Å². The van der Waals surface area contributed by atoms with Crippen LogP contribution >= 0.6 is 22.7 Å². The molecule has 1 nitrogen and oxygen atoms in total. The van der Waals surface area contributed by atoms with Crippen LogP contribution in [0.3, 0.4) is 0 Å². The highest BCUT2D eigenvalue weighted by atomic mass is 32.2. The molecule has 0 fully saturated rings. The van der Waals surface area contributed by atoms with Crippen LogP contribution in [0.5, 0.6) is 0 Å². The molecule has 98 valence electrons. The van der Waals surface area contributed by atoms with E-state index in [9.17, 15) is 0 Å². The number of thiophene rings is 2. The first-order chi connectivity index (χ1) is 9.75. The van der Waals surface area contributed by atoms with Gasteiger partial charge in [-0.1, -0.05) is 29.5 Å². The Kier molecular flexibility index (Phi) is 2.65. The lowest BCUT2D eigenvalue weighted by molar-refractivity contribution is -0.631. The van der Waals surface area contributed by atoms with Gasteiger partial charge in [0.15, 0.2) is 0 Å². The summed E-state index contributed by atoms with van der Waals surface area (Å²) in [5.74, 6) is 0. The van der Waals surface area contributed by atoms with E-state index in [2.05, 4.69) is 66.4 Å². The Bertz CT molecular complexity index is 931. The lowest BCUT2D eigenvalue weighted by atomic mass is 10.0. The molecule has 0 atom stereocenters. The van der Waals surface area contributed by atoms with Gasteiger partial charge in [-0.05, 0) is 36.1 Å². The molecule has 0 bridgehead atoms. The average molecular weight is 296 g/mol. The zero-order chi connectivity index (χ0) is 13.7. The molecule has 3 aromatic heterocycles. The van der Waals surface area contributed by atoms with Crippen molar-refractivity contribution in [2.75, 3.05) is 0 Å². The maximum absolute atomic E-state index is 2.33. The minimum atomic E-state index is 1.28. The molecule has 0 unspecified atom stereocenters. The Labute approximate surface area is 125 Å². The van der Waals surface area contributed by atoms with Gasteiger partial charge >= 0.3 is 0 Å². The van der Waals surface area contributed by atoms with Crippen molar-refractivity contribution in [2.24, 2.45) is 7.05 Å². The van der Waals surface area contributed by atoms with Gasteiger partial charge in [0.05, 0.1) is 9.40 Å². The summed E-state index contributed by atoms with van der Waals surface area (Å²) in [5.41, 5.74) is 3.92. The van der Waals surface area contributed by atoms with E-state index in [-0.39, 0.29) is 0 Å². The van der Waals surface area contributed by atoms with Crippen LogP contribution in [-0.4, -0.2) is 0 Å². The number of aromatic nitrogens is 1. The molecule has 4 rings (SSSR count). The molecular weight excluding hydrogens is 282 g/mol. The molecular formula is C17H14NS2+. The standard InChI is InChI=1S/C17H14NS2/c1-11-5-3-4-6-12(11)15-8-7-13-14-9-10-19-17(14)20-16(13)18(15)2/h3-10H,1-2H3/q+1. The second kappa shape index (κ2) is 4.40. The maximum atomic E-state index is 2.33. The summed E-state index contributed by atoms with van der Waals surface area (Å²) in [6, 6.07) is 15.3. The average Bonchev–Trinajstić information content (AvgIpc) is 3.02. The van der Waals surface area contributed by atoms with E-state index in [1.807, 2.05) is 22.7 Å². The molecule has 0 spiro atoms. The molecule has 0 radical (unpaired) electrons. The number of aryl methyl sites for hydroxylation is 2. The molecule has 3 heteroatoms. The Morgan fingerprint density at radius 2 is 1.80 bits per heavy atom. The molecule has 4 aromatic rings. The second-order valence-corrected chi connectivity index (χ2v) is 7.21. The molecule has 20 heavy (non-hydrogen) atoms. The Morgan fingerprint density at radius 1 is 0.950 bits per heavy atom. The second-order valence-electron chi connectivity index (χ2n) is 5.04. The van der Waals surface area contributed by atoms with Gasteiger partial charge in [-0.25, -0.2) is 0 Å². The highest BCUT2D eigenvalue weighted by Gasteiger charge is 2.19.